The molecule has 4 heterocycles. The van der Waals surface area contributed by atoms with E-state index in [0.29, 0.717) is 68.0 Å². The highest BCUT2D eigenvalue weighted by Gasteiger charge is 2.22. The minimum atomic E-state index is -1.28. The fourth-order valence-corrected chi connectivity index (χ4v) is 8.67. The zero-order valence-electron chi connectivity index (χ0n) is 31.7. The number of hydrogen-bond donors (Lipinski definition) is 1. The topological polar surface area (TPSA) is 97.3 Å². The van der Waals surface area contributed by atoms with E-state index in [-0.39, 0.29) is 26.8 Å². The van der Waals surface area contributed by atoms with Crippen LogP contribution in [0.4, 0.5) is 34.6 Å². The summed E-state index contributed by atoms with van der Waals surface area (Å²) in [5.74, 6) is -2.90. The van der Waals surface area contributed by atoms with Crippen molar-refractivity contribution in [3.63, 3.8) is 0 Å². The molecule has 0 bridgehead atoms. The summed E-state index contributed by atoms with van der Waals surface area (Å²) < 4.78 is 86.6. The van der Waals surface area contributed by atoms with Crippen molar-refractivity contribution in [3.8, 4) is 22.5 Å². The van der Waals surface area contributed by atoms with E-state index < -0.39 is 44.9 Å². The summed E-state index contributed by atoms with van der Waals surface area (Å²) in [4.78, 5) is 16.7. The molecule has 0 spiro atoms. The average Bonchev–Trinajstić information content (AvgIpc) is 3.20. The van der Waals surface area contributed by atoms with Gasteiger partial charge in [0.1, 0.15) is 23.3 Å². The van der Waals surface area contributed by atoms with Crippen molar-refractivity contribution in [1.29, 1.82) is 0 Å². The van der Waals surface area contributed by atoms with Crippen LogP contribution < -0.4 is 10.2 Å². The number of fused-ring (bicyclic) bond motifs is 2. The summed E-state index contributed by atoms with van der Waals surface area (Å²) in [6.07, 6.45) is 6.60. The highest BCUT2D eigenvalue weighted by Crippen LogP contribution is 2.39. The van der Waals surface area contributed by atoms with E-state index in [1.807, 2.05) is 25.1 Å². The van der Waals surface area contributed by atoms with E-state index >= 15 is 4.39 Å². The number of benzene rings is 4. The molecule has 1 saturated heterocycles. The summed E-state index contributed by atoms with van der Waals surface area (Å²) in [5, 5.41) is 3.76. The van der Waals surface area contributed by atoms with Crippen LogP contribution in [0.3, 0.4) is 0 Å². The molecule has 15 heteroatoms. The monoisotopic (exact) mass is 845 g/mol. The summed E-state index contributed by atoms with van der Waals surface area (Å²) in [6.45, 7) is 6.33. The third kappa shape index (κ3) is 8.33. The number of nitrogens with one attached hydrogen (secondary N) is 1. The Balaban J connectivity index is 0.000000193. The number of anilines is 3. The molecule has 1 N–H and O–H groups in total. The Bertz CT molecular complexity index is 2770. The molecule has 8 nitrogen and oxygen atoms in total. The minimum Gasteiger partial charge on any atom is -0.378 e. The van der Waals surface area contributed by atoms with E-state index in [0.717, 1.165) is 37.0 Å². The lowest BCUT2D eigenvalue weighted by molar-refractivity contribution is 0.122. The number of nitrogens with zero attached hydrogens (tertiary/aromatic N) is 4. The van der Waals surface area contributed by atoms with Gasteiger partial charge in [0.2, 0.25) is 0 Å². The maximum atomic E-state index is 15.1. The fourth-order valence-electron chi connectivity index (χ4n) is 6.91. The Morgan fingerprint density at radius 2 is 1.22 bits per heavy atom. The fraction of sp³-hybridized carbons (Fsp3) is 0.186. The smallest absolute Gasteiger partial charge is 0.137 e. The lowest BCUT2D eigenvalue weighted by Gasteiger charge is -2.28. The van der Waals surface area contributed by atoms with Gasteiger partial charge in [-0.2, -0.15) is 0 Å². The van der Waals surface area contributed by atoms with Gasteiger partial charge < -0.3 is 15.0 Å². The molecule has 8 rings (SSSR count). The second-order valence-electron chi connectivity index (χ2n) is 13.5. The molecule has 0 aliphatic carbocycles. The number of hydrogen-bond acceptors (Lipinski definition) is 8. The van der Waals surface area contributed by atoms with Crippen LogP contribution in [-0.2, 0) is 26.3 Å². The van der Waals surface area contributed by atoms with Crippen molar-refractivity contribution in [2.24, 2.45) is 0 Å². The van der Waals surface area contributed by atoms with Gasteiger partial charge in [-0.05, 0) is 43.2 Å². The van der Waals surface area contributed by atoms with Crippen LogP contribution in [0.25, 0.3) is 44.3 Å². The molecule has 3 aromatic heterocycles. The zero-order valence-corrected chi connectivity index (χ0v) is 34.1. The Kier molecular flexibility index (Phi) is 12.2. The zero-order chi connectivity index (χ0) is 41.2. The highest BCUT2D eigenvalue weighted by atomic mass is 35.5. The first kappa shape index (κ1) is 40.9. The van der Waals surface area contributed by atoms with Gasteiger partial charge in [-0.3, -0.25) is 13.4 Å². The maximum absolute atomic E-state index is 15.1. The van der Waals surface area contributed by atoms with Crippen LogP contribution in [0.1, 0.15) is 11.1 Å². The van der Waals surface area contributed by atoms with Crippen LogP contribution in [0.15, 0.2) is 101 Å². The van der Waals surface area contributed by atoms with Crippen molar-refractivity contribution >= 4 is 72.1 Å². The first-order valence-corrected chi connectivity index (χ1v) is 21.5. The van der Waals surface area contributed by atoms with E-state index in [4.69, 9.17) is 16.3 Å². The van der Waals surface area contributed by atoms with Gasteiger partial charge in [-0.15, -0.1) is 0 Å². The van der Waals surface area contributed by atoms with Crippen molar-refractivity contribution in [2.45, 2.75) is 23.6 Å². The quantitative estimate of drug-likeness (QED) is 0.159. The SMILES string of the molecule is Cc1c(-c2ccccc2S(C)=O)nc2cc(F)cc(F)c2c1Cl.Cc1c(-c2ccccc2S(C)=O)nc2cc(F)cc(F)c2c1Nc1cncc(N2CCOCC2)c1. The van der Waals surface area contributed by atoms with Crippen molar-refractivity contribution in [3.05, 3.63) is 131 Å². The molecule has 1 aliphatic rings. The Morgan fingerprint density at radius 1 is 0.707 bits per heavy atom. The van der Waals surface area contributed by atoms with E-state index in [1.54, 1.807) is 68.2 Å². The molecule has 4 aromatic carbocycles. The first-order chi connectivity index (χ1) is 27.8. The number of pyridine rings is 3. The third-order valence-corrected chi connectivity index (χ3v) is 12.1. The summed E-state index contributed by atoms with van der Waals surface area (Å²) in [6, 6.07) is 20.2. The first-order valence-electron chi connectivity index (χ1n) is 18.0. The molecule has 1 fully saturated rings. The second kappa shape index (κ2) is 17.3. The predicted molar refractivity (Wildman–Crippen MR) is 224 cm³/mol. The number of rotatable bonds is 7. The molecule has 0 radical (unpaired) electrons. The van der Waals surface area contributed by atoms with Gasteiger partial charge >= 0.3 is 0 Å². The highest BCUT2D eigenvalue weighted by molar-refractivity contribution is 7.84. The number of aromatic nitrogens is 3. The standard InChI is InChI=1S/C26H24F2N4O2S.C17H12ClF2NOS/c1-16-25(20-5-3-4-6-23(20)35(2)33)31-22-12-17(27)11-21(28)24(22)26(16)30-18-13-19(15-29-14-18)32-7-9-34-10-8-32;1-9-16(18)15-12(20)7-10(19)8-13(15)21-17(9)11-5-3-4-6-14(11)23(2)22/h3-6,11-15H,7-10H2,1-2H3,(H,30,31);3-8H,1-2H3. The third-order valence-electron chi connectivity index (χ3n) is 9.69. The summed E-state index contributed by atoms with van der Waals surface area (Å²) in [7, 11) is -2.51. The van der Waals surface area contributed by atoms with Crippen LogP contribution in [0, 0.1) is 37.1 Å². The van der Waals surface area contributed by atoms with E-state index in [1.165, 1.54) is 6.07 Å². The van der Waals surface area contributed by atoms with Gasteiger partial charge in [0.15, 0.2) is 0 Å². The minimum absolute atomic E-state index is 0.0874. The maximum Gasteiger partial charge on any atom is 0.137 e. The van der Waals surface area contributed by atoms with Crippen molar-refractivity contribution < 1.29 is 30.7 Å². The lowest BCUT2D eigenvalue weighted by Crippen LogP contribution is -2.36. The molecular formula is C43H36ClF4N5O3S2. The molecule has 298 valence electrons. The molecule has 1 aliphatic heterocycles. The molecule has 0 saturated carbocycles. The molecular weight excluding hydrogens is 810 g/mol. The average molecular weight is 846 g/mol. The summed E-state index contributed by atoms with van der Waals surface area (Å²) in [5.41, 5.74) is 5.82. The molecule has 7 aromatic rings. The van der Waals surface area contributed by atoms with Crippen LogP contribution >= 0.6 is 11.6 Å². The Labute approximate surface area is 342 Å². The molecule has 58 heavy (non-hydrogen) atoms. The van der Waals surface area contributed by atoms with Crippen molar-refractivity contribution in [2.75, 3.05) is 49.0 Å². The van der Waals surface area contributed by atoms with Gasteiger partial charge in [-0.25, -0.2) is 27.5 Å². The molecule has 2 unspecified atom stereocenters. The summed E-state index contributed by atoms with van der Waals surface area (Å²) >= 11 is 6.29. The number of morpholine rings is 1. The van der Waals surface area contributed by atoms with Crippen molar-refractivity contribution in [1.82, 2.24) is 15.0 Å². The molecule has 2 atom stereocenters. The van der Waals surface area contributed by atoms with Gasteiger partial charge in [0.05, 0.1) is 102 Å². The van der Waals surface area contributed by atoms with Crippen LogP contribution in [0.2, 0.25) is 5.02 Å². The van der Waals surface area contributed by atoms with Gasteiger partial charge in [0, 0.05) is 70.8 Å². The number of ether oxygens (including phenoxy) is 1. The lowest BCUT2D eigenvalue weighted by atomic mass is 10.0. The van der Waals surface area contributed by atoms with E-state index in [2.05, 4.69) is 25.2 Å². The largest absolute Gasteiger partial charge is 0.378 e. The predicted octanol–water partition coefficient (Wildman–Crippen LogP) is 10.1. The Hall–Kier alpha value is -5.28. The van der Waals surface area contributed by atoms with E-state index in [9.17, 15) is 21.6 Å². The van der Waals surface area contributed by atoms with Gasteiger partial charge in [-0.1, -0.05) is 48.0 Å². The Morgan fingerprint density at radius 3 is 1.79 bits per heavy atom. The normalized spacial score (nSPS) is 13.9. The van der Waals surface area contributed by atoms with Crippen LogP contribution in [0.5, 0.6) is 0 Å². The van der Waals surface area contributed by atoms with Gasteiger partial charge in [0.25, 0.3) is 0 Å². The number of halogens is 5. The molecule has 0 amide bonds. The second-order valence-corrected chi connectivity index (χ2v) is 16.6. The van der Waals surface area contributed by atoms with Crippen LogP contribution in [-0.4, -0.2) is 62.2 Å².